The zero-order chi connectivity index (χ0) is 24.5. The number of carbonyl (C=O) groups is 1. The van der Waals surface area contributed by atoms with Crippen molar-refractivity contribution in [2.75, 3.05) is 7.11 Å². The van der Waals surface area contributed by atoms with Crippen LogP contribution in [0.1, 0.15) is 32.6 Å². The number of methoxy groups -OCH3 is 1. The number of hydrogen-bond acceptors (Lipinski definition) is 3. The van der Waals surface area contributed by atoms with Crippen LogP contribution in [-0.4, -0.2) is 29.0 Å². The molecule has 0 fully saturated rings. The number of ether oxygens (including phenoxy) is 1. The van der Waals surface area contributed by atoms with Gasteiger partial charge in [-0.15, -0.1) is 0 Å². The zero-order valence-electron chi connectivity index (χ0n) is 17.3. The summed E-state index contributed by atoms with van der Waals surface area (Å²) in [6, 6.07) is 6.68. The van der Waals surface area contributed by atoms with E-state index in [1.54, 1.807) is 6.07 Å². The van der Waals surface area contributed by atoms with Crippen LogP contribution in [0.4, 0.5) is 26.3 Å². The Kier molecular flexibility index (Phi) is 5.08. The highest BCUT2D eigenvalue weighted by atomic mass is 35.5. The summed E-state index contributed by atoms with van der Waals surface area (Å²) in [6.07, 6.45) is -4.29. The molecule has 1 aliphatic carbocycles. The minimum absolute atomic E-state index is 0.0770. The first-order chi connectivity index (χ1) is 15.3. The molecule has 0 bridgehead atoms. The Labute approximate surface area is 188 Å². The van der Waals surface area contributed by atoms with Gasteiger partial charge in [0.25, 0.3) is 5.67 Å². The summed E-state index contributed by atoms with van der Waals surface area (Å²) in [5.74, 6) is -5.41. The van der Waals surface area contributed by atoms with Gasteiger partial charge < -0.3 is 4.74 Å². The van der Waals surface area contributed by atoms with Gasteiger partial charge in [-0.2, -0.15) is 27.1 Å². The average molecular weight is 489 g/mol. The summed E-state index contributed by atoms with van der Waals surface area (Å²) in [4.78, 5) is 11.9. The van der Waals surface area contributed by atoms with Crippen molar-refractivity contribution in [1.29, 1.82) is 0 Å². The van der Waals surface area contributed by atoms with Crippen molar-refractivity contribution in [3.8, 4) is 16.9 Å². The molecule has 1 aromatic heterocycles. The summed E-state index contributed by atoms with van der Waals surface area (Å²) >= 11 is 6.01. The molecule has 11 heteroatoms. The summed E-state index contributed by atoms with van der Waals surface area (Å²) in [5, 5.41) is 4.46. The summed E-state index contributed by atoms with van der Waals surface area (Å²) in [7, 11) is 1.19. The summed E-state index contributed by atoms with van der Waals surface area (Å²) in [6.45, 7) is 2.61. The van der Waals surface area contributed by atoms with Crippen LogP contribution in [0.2, 0.25) is 5.02 Å². The maximum Gasteiger partial charge on any atom is 0.433 e. The Morgan fingerprint density at radius 1 is 1.12 bits per heavy atom. The third-order valence-electron chi connectivity index (χ3n) is 5.75. The molecule has 33 heavy (non-hydrogen) atoms. The summed E-state index contributed by atoms with van der Waals surface area (Å²) in [5.41, 5.74) is -6.02. The molecular weight excluding hydrogens is 474 g/mol. The van der Waals surface area contributed by atoms with E-state index in [1.165, 1.54) is 50.0 Å². The lowest BCUT2D eigenvalue weighted by Gasteiger charge is -2.46. The lowest BCUT2D eigenvalue weighted by atomic mass is 9.66. The van der Waals surface area contributed by atoms with E-state index >= 15 is 0 Å². The van der Waals surface area contributed by atoms with E-state index in [4.69, 9.17) is 11.6 Å². The first-order valence-corrected chi connectivity index (χ1v) is 9.86. The second kappa shape index (κ2) is 7.24. The van der Waals surface area contributed by atoms with Gasteiger partial charge in [0.05, 0.1) is 29.1 Å². The van der Waals surface area contributed by atoms with Crippen LogP contribution in [0.25, 0.3) is 16.9 Å². The van der Waals surface area contributed by atoms with Crippen molar-refractivity contribution in [2.45, 2.75) is 31.6 Å². The number of aromatic nitrogens is 2. The van der Waals surface area contributed by atoms with Crippen molar-refractivity contribution in [3.05, 3.63) is 69.4 Å². The Hall–Kier alpha value is -3.01. The van der Waals surface area contributed by atoms with E-state index in [9.17, 15) is 31.1 Å². The van der Waals surface area contributed by atoms with Crippen molar-refractivity contribution in [1.82, 2.24) is 9.78 Å². The highest BCUT2D eigenvalue weighted by molar-refractivity contribution is 6.33. The number of alkyl halides is 6. The van der Waals surface area contributed by atoms with E-state index in [1.807, 2.05) is 0 Å². The lowest BCUT2D eigenvalue weighted by Crippen LogP contribution is -2.59. The van der Waals surface area contributed by atoms with Crippen molar-refractivity contribution in [3.63, 3.8) is 0 Å². The highest BCUT2D eigenvalue weighted by Gasteiger charge is 2.80. The van der Waals surface area contributed by atoms with E-state index in [-0.39, 0.29) is 33.0 Å². The van der Waals surface area contributed by atoms with E-state index in [2.05, 4.69) is 9.84 Å². The van der Waals surface area contributed by atoms with E-state index in [0.717, 1.165) is 6.07 Å². The normalized spacial score (nSPS) is 19.1. The fourth-order valence-corrected chi connectivity index (χ4v) is 4.38. The molecule has 0 radical (unpaired) electrons. The first kappa shape index (κ1) is 23.2. The standard InChI is InChI=1S/C22H15ClF6N2O2/c1-10-8-14-18(21(25,26)20(14,24)22(27,28)29)11(2)17(10)16-6-7-31(30-16)12-4-5-15(23)13(9-12)19(32)33-3/h4-9H,1-3H3. The smallest absolute Gasteiger partial charge is 0.433 e. The Morgan fingerprint density at radius 2 is 1.79 bits per heavy atom. The van der Waals surface area contributed by atoms with Crippen LogP contribution in [0.3, 0.4) is 0 Å². The Bertz CT molecular complexity index is 1300. The molecule has 0 saturated carbocycles. The van der Waals surface area contributed by atoms with Crippen LogP contribution in [0.15, 0.2) is 36.5 Å². The Balaban J connectivity index is 1.82. The monoisotopic (exact) mass is 488 g/mol. The molecule has 4 rings (SSSR count). The van der Waals surface area contributed by atoms with E-state index < -0.39 is 34.9 Å². The van der Waals surface area contributed by atoms with Gasteiger partial charge in [0.2, 0.25) is 0 Å². The molecule has 2 aromatic carbocycles. The number of rotatable bonds is 3. The SMILES string of the molecule is COC(=O)c1cc(-n2ccc(-c3c(C)cc4c(c3C)C(F)(F)C4(F)C(F)(F)F)n2)ccc1Cl. The van der Waals surface area contributed by atoms with Gasteiger partial charge in [-0.1, -0.05) is 17.7 Å². The second-order valence-corrected chi connectivity index (χ2v) is 8.06. The summed E-state index contributed by atoms with van der Waals surface area (Å²) < 4.78 is 88.9. The molecule has 174 valence electrons. The van der Waals surface area contributed by atoms with Gasteiger partial charge in [-0.05, 0) is 49.2 Å². The average Bonchev–Trinajstić information content (AvgIpc) is 3.21. The molecule has 1 heterocycles. The van der Waals surface area contributed by atoms with Gasteiger partial charge in [-0.3, -0.25) is 0 Å². The number of aryl methyl sites for hydroxylation is 1. The molecule has 0 N–H and O–H groups in total. The highest BCUT2D eigenvalue weighted by Crippen LogP contribution is 2.67. The van der Waals surface area contributed by atoms with Crippen molar-refractivity contribution >= 4 is 17.6 Å². The van der Waals surface area contributed by atoms with Crippen LogP contribution in [-0.2, 0) is 16.3 Å². The van der Waals surface area contributed by atoms with Crippen LogP contribution in [0.5, 0.6) is 0 Å². The molecule has 1 atom stereocenters. The van der Waals surface area contributed by atoms with Gasteiger partial charge >= 0.3 is 18.1 Å². The van der Waals surface area contributed by atoms with Crippen LogP contribution >= 0.6 is 11.6 Å². The number of fused-ring (bicyclic) bond motifs is 1. The topological polar surface area (TPSA) is 44.1 Å². The molecule has 0 aliphatic heterocycles. The number of hydrogen-bond donors (Lipinski definition) is 0. The number of esters is 1. The zero-order valence-corrected chi connectivity index (χ0v) is 18.1. The maximum atomic E-state index is 14.5. The third-order valence-corrected chi connectivity index (χ3v) is 6.08. The number of carbonyl (C=O) groups excluding carboxylic acids is 1. The Morgan fingerprint density at radius 3 is 2.39 bits per heavy atom. The molecule has 1 unspecified atom stereocenters. The van der Waals surface area contributed by atoms with Crippen molar-refractivity contribution < 1.29 is 35.9 Å². The largest absolute Gasteiger partial charge is 0.465 e. The van der Waals surface area contributed by atoms with Gasteiger partial charge in [0.15, 0.2) is 0 Å². The molecule has 0 spiro atoms. The number of nitrogens with zero attached hydrogens (tertiary/aromatic N) is 2. The predicted molar refractivity (Wildman–Crippen MR) is 108 cm³/mol. The molecule has 0 amide bonds. The number of halogens is 7. The fraction of sp³-hybridized carbons (Fsp3) is 0.273. The third kappa shape index (κ3) is 3.07. The minimum atomic E-state index is -5.77. The molecule has 0 saturated heterocycles. The maximum absolute atomic E-state index is 14.5. The quantitative estimate of drug-likeness (QED) is 0.315. The van der Waals surface area contributed by atoms with Crippen LogP contribution in [0, 0.1) is 13.8 Å². The van der Waals surface area contributed by atoms with Gasteiger partial charge in [0, 0.05) is 22.9 Å². The molecule has 4 nitrogen and oxygen atoms in total. The molecular formula is C22H15ClF6N2O2. The van der Waals surface area contributed by atoms with Gasteiger partial charge in [-0.25, -0.2) is 13.9 Å². The fourth-order valence-electron chi connectivity index (χ4n) is 4.19. The molecule has 3 aromatic rings. The van der Waals surface area contributed by atoms with E-state index in [0.29, 0.717) is 5.69 Å². The van der Waals surface area contributed by atoms with Crippen molar-refractivity contribution in [2.24, 2.45) is 0 Å². The lowest BCUT2D eigenvalue weighted by molar-refractivity contribution is -0.333. The first-order valence-electron chi connectivity index (χ1n) is 9.48. The van der Waals surface area contributed by atoms with Gasteiger partial charge in [0.1, 0.15) is 0 Å². The predicted octanol–water partition coefficient (Wildman–Crippen LogP) is 6.43. The number of benzene rings is 2. The molecule has 1 aliphatic rings. The minimum Gasteiger partial charge on any atom is -0.465 e. The van der Waals surface area contributed by atoms with Crippen LogP contribution < -0.4 is 0 Å². The second-order valence-electron chi connectivity index (χ2n) is 7.65.